The lowest BCUT2D eigenvalue weighted by Crippen LogP contribution is -2.25. The Kier molecular flexibility index (Phi) is 5.66. The zero-order chi connectivity index (χ0) is 14.4. The molecular formula is C18H27NO. The van der Waals surface area contributed by atoms with Gasteiger partial charge in [0.2, 0.25) is 0 Å². The molecule has 0 bridgehead atoms. The Hall–Kier alpha value is -1.28. The maximum absolute atomic E-state index is 5.61. The summed E-state index contributed by atoms with van der Waals surface area (Å²) >= 11 is 0. The first-order valence-electron chi connectivity index (χ1n) is 7.83. The van der Waals surface area contributed by atoms with Crippen molar-refractivity contribution in [3.05, 3.63) is 41.0 Å². The summed E-state index contributed by atoms with van der Waals surface area (Å²) in [6.07, 6.45) is 8.64. The van der Waals surface area contributed by atoms with Crippen LogP contribution in [0.2, 0.25) is 0 Å². The van der Waals surface area contributed by atoms with Gasteiger partial charge in [0.25, 0.3) is 0 Å². The third-order valence-corrected chi connectivity index (χ3v) is 4.00. The number of benzene rings is 1. The second-order valence-electron chi connectivity index (χ2n) is 5.66. The number of allylic oxidation sites excluding steroid dienone is 1. The van der Waals surface area contributed by atoms with Gasteiger partial charge < -0.3 is 10.1 Å². The molecule has 0 saturated heterocycles. The number of rotatable bonds is 6. The Labute approximate surface area is 123 Å². The topological polar surface area (TPSA) is 21.3 Å². The Morgan fingerprint density at radius 2 is 2.15 bits per heavy atom. The van der Waals surface area contributed by atoms with Gasteiger partial charge in [0, 0.05) is 5.56 Å². The van der Waals surface area contributed by atoms with E-state index in [1.165, 1.54) is 42.4 Å². The number of nitrogens with one attached hydrogen (secondary N) is 1. The first-order chi connectivity index (χ1) is 9.76. The summed E-state index contributed by atoms with van der Waals surface area (Å²) < 4.78 is 5.61. The molecule has 1 unspecified atom stereocenters. The summed E-state index contributed by atoms with van der Waals surface area (Å²) in [6.45, 7) is 5.37. The molecule has 0 heterocycles. The van der Waals surface area contributed by atoms with Gasteiger partial charge in [-0.2, -0.15) is 0 Å². The van der Waals surface area contributed by atoms with Gasteiger partial charge in [-0.15, -0.1) is 0 Å². The van der Waals surface area contributed by atoms with E-state index in [1.54, 1.807) is 7.11 Å². The van der Waals surface area contributed by atoms with Crippen molar-refractivity contribution in [2.75, 3.05) is 13.7 Å². The van der Waals surface area contributed by atoms with Gasteiger partial charge in [-0.05, 0) is 57.2 Å². The molecule has 0 fully saturated rings. The summed E-state index contributed by atoms with van der Waals surface area (Å²) in [4.78, 5) is 0. The minimum atomic E-state index is 0.311. The van der Waals surface area contributed by atoms with Crippen molar-refractivity contribution in [3.63, 3.8) is 0 Å². The normalized spacial score (nSPS) is 16.6. The number of hydrogen-bond acceptors (Lipinski definition) is 2. The fourth-order valence-electron chi connectivity index (χ4n) is 2.91. The highest BCUT2D eigenvalue weighted by molar-refractivity contribution is 5.43. The molecule has 1 atom stereocenters. The van der Waals surface area contributed by atoms with Crippen LogP contribution in [-0.4, -0.2) is 13.7 Å². The van der Waals surface area contributed by atoms with Crippen molar-refractivity contribution in [1.29, 1.82) is 0 Å². The molecule has 1 N–H and O–H groups in total. The lowest BCUT2D eigenvalue weighted by atomic mass is 9.89. The monoisotopic (exact) mass is 273 g/mol. The van der Waals surface area contributed by atoms with Gasteiger partial charge in [0.15, 0.2) is 0 Å². The van der Waals surface area contributed by atoms with Gasteiger partial charge in [-0.25, -0.2) is 0 Å². The van der Waals surface area contributed by atoms with Crippen LogP contribution in [0.1, 0.15) is 56.2 Å². The van der Waals surface area contributed by atoms with E-state index in [4.69, 9.17) is 4.74 Å². The molecule has 0 amide bonds. The molecule has 2 heteroatoms. The summed E-state index contributed by atoms with van der Waals surface area (Å²) in [6, 6.07) is 6.85. The Morgan fingerprint density at radius 1 is 1.30 bits per heavy atom. The molecule has 110 valence electrons. The molecule has 1 aliphatic rings. The fourth-order valence-corrected chi connectivity index (χ4v) is 2.91. The second kappa shape index (κ2) is 7.49. The van der Waals surface area contributed by atoms with E-state index in [0.29, 0.717) is 6.04 Å². The molecule has 1 aliphatic carbocycles. The van der Waals surface area contributed by atoms with Crippen LogP contribution >= 0.6 is 0 Å². The number of methoxy groups -OCH3 is 1. The van der Waals surface area contributed by atoms with E-state index < -0.39 is 0 Å². The van der Waals surface area contributed by atoms with Crippen molar-refractivity contribution < 1.29 is 4.74 Å². The second-order valence-corrected chi connectivity index (χ2v) is 5.66. The average molecular weight is 273 g/mol. The van der Waals surface area contributed by atoms with Crippen LogP contribution in [0.3, 0.4) is 0 Å². The van der Waals surface area contributed by atoms with E-state index in [1.807, 2.05) is 0 Å². The quantitative estimate of drug-likeness (QED) is 0.768. The van der Waals surface area contributed by atoms with Gasteiger partial charge in [0.05, 0.1) is 13.2 Å². The highest BCUT2D eigenvalue weighted by atomic mass is 16.5. The van der Waals surface area contributed by atoms with Crippen LogP contribution in [0.25, 0.3) is 0 Å². The first kappa shape index (κ1) is 15.1. The molecule has 1 aromatic carbocycles. The zero-order valence-corrected chi connectivity index (χ0v) is 13.0. The number of ether oxygens (including phenoxy) is 1. The molecule has 0 aliphatic heterocycles. The SMILES string of the molecule is CCCNC(C1=CCCCC1)c1ccc(C)cc1OC. The predicted octanol–water partition coefficient (Wildman–Crippen LogP) is 4.54. The smallest absolute Gasteiger partial charge is 0.124 e. The molecule has 0 aromatic heterocycles. The van der Waals surface area contributed by atoms with Crippen LogP contribution < -0.4 is 10.1 Å². The third kappa shape index (κ3) is 3.63. The van der Waals surface area contributed by atoms with Crippen LogP contribution in [0.5, 0.6) is 5.75 Å². The van der Waals surface area contributed by atoms with Gasteiger partial charge in [-0.3, -0.25) is 0 Å². The highest BCUT2D eigenvalue weighted by Gasteiger charge is 2.20. The van der Waals surface area contributed by atoms with E-state index in [2.05, 4.69) is 43.4 Å². The van der Waals surface area contributed by atoms with Crippen molar-refractivity contribution in [1.82, 2.24) is 5.32 Å². The number of aryl methyl sites for hydroxylation is 1. The Bertz CT molecular complexity index is 464. The van der Waals surface area contributed by atoms with Crippen molar-refractivity contribution in [3.8, 4) is 5.75 Å². The first-order valence-corrected chi connectivity index (χ1v) is 7.83. The maximum Gasteiger partial charge on any atom is 0.124 e. The summed E-state index contributed by atoms with van der Waals surface area (Å²) in [5.74, 6) is 1.00. The van der Waals surface area contributed by atoms with E-state index in [9.17, 15) is 0 Å². The van der Waals surface area contributed by atoms with Crippen molar-refractivity contribution in [2.45, 2.75) is 52.0 Å². The van der Waals surface area contributed by atoms with E-state index in [0.717, 1.165) is 18.7 Å². The van der Waals surface area contributed by atoms with E-state index >= 15 is 0 Å². The minimum Gasteiger partial charge on any atom is -0.496 e. The van der Waals surface area contributed by atoms with Gasteiger partial charge in [-0.1, -0.05) is 30.7 Å². The van der Waals surface area contributed by atoms with E-state index in [-0.39, 0.29) is 0 Å². The van der Waals surface area contributed by atoms with Crippen LogP contribution in [-0.2, 0) is 0 Å². The van der Waals surface area contributed by atoms with Crippen LogP contribution in [0, 0.1) is 6.92 Å². The van der Waals surface area contributed by atoms with Gasteiger partial charge >= 0.3 is 0 Å². The lowest BCUT2D eigenvalue weighted by molar-refractivity contribution is 0.401. The molecule has 0 saturated carbocycles. The fraction of sp³-hybridized carbons (Fsp3) is 0.556. The van der Waals surface area contributed by atoms with Crippen LogP contribution in [0.15, 0.2) is 29.8 Å². The minimum absolute atomic E-state index is 0.311. The molecule has 0 radical (unpaired) electrons. The molecule has 0 spiro atoms. The van der Waals surface area contributed by atoms with Gasteiger partial charge in [0.1, 0.15) is 5.75 Å². The third-order valence-electron chi connectivity index (χ3n) is 4.00. The Morgan fingerprint density at radius 3 is 2.80 bits per heavy atom. The summed E-state index contributed by atoms with van der Waals surface area (Å²) in [5, 5.41) is 3.70. The average Bonchev–Trinajstić information content (AvgIpc) is 2.49. The largest absolute Gasteiger partial charge is 0.496 e. The molecular weight excluding hydrogens is 246 g/mol. The Balaban J connectivity index is 2.32. The summed E-state index contributed by atoms with van der Waals surface area (Å²) in [5.41, 5.74) is 4.06. The summed E-state index contributed by atoms with van der Waals surface area (Å²) in [7, 11) is 1.77. The zero-order valence-electron chi connectivity index (χ0n) is 13.0. The lowest BCUT2D eigenvalue weighted by Gasteiger charge is -2.26. The van der Waals surface area contributed by atoms with Crippen molar-refractivity contribution in [2.24, 2.45) is 0 Å². The standard InChI is InChI=1S/C18H27NO/c1-4-12-19-18(15-8-6-5-7-9-15)16-11-10-14(2)13-17(16)20-3/h8,10-11,13,18-19H,4-7,9,12H2,1-3H3. The molecule has 1 aromatic rings. The predicted molar refractivity (Wildman–Crippen MR) is 85.3 cm³/mol. The highest BCUT2D eigenvalue weighted by Crippen LogP contribution is 2.35. The molecule has 2 nitrogen and oxygen atoms in total. The molecule has 2 rings (SSSR count). The van der Waals surface area contributed by atoms with Crippen LogP contribution in [0.4, 0.5) is 0 Å². The maximum atomic E-state index is 5.61. The molecule has 20 heavy (non-hydrogen) atoms. The van der Waals surface area contributed by atoms with Crippen molar-refractivity contribution >= 4 is 0 Å². The number of hydrogen-bond donors (Lipinski definition) is 1.